The van der Waals surface area contributed by atoms with Crippen LogP contribution in [-0.2, 0) is 6.42 Å². The van der Waals surface area contributed by atoms with E-state index in [1.807, 2.05) is 35.7 Å². The second-order valence-corrected chi connectivity index (χ2v) is 8.11. The van der Waals surface area contributed by atoms with Crippen molar-refractivity contribution < 1.29 is 5.11 Å². The van der Waals surface area contributed by atoms with E-state index < -0.39 is 6.10 Å². The monoisotopic (exact) mass is 429 g/mol. The van der Waals surface area contributed by atoms with E-state index >= 15 is 0 Å². The Balaban J connectivity index is 1.65. The number of nitrogens with one attached hydrogen (secondary N) is 1. The second-order valence-electron chi connectivity index (χ2n) is 7.23. The molecule has 4 aromatic rings. The molecule has 31 heavy (non-hydrogen) atoms. The normalized spacial score (nSPS) is 12.7. The molecule has 3 aromatic heterocycles. The van der Waals surface area contributed by atoms with Gasteiger partial charge in [0, 0.05) is 35.9 Å². The molecular formula is C24H23N5OS. The van der Waals surface area contributed by atoms with Gasteiger partial charge in [0.05, 0.1) is 10.3 Å². The molecule has 156 valence electrons. The third-order valence-corrected chi connectivity index (χ3v) is 5.62. The van der Waals surface area contributed by atoms with Crippen LogP contribution in [-0.4, -0.2) is 38.7 Å². The number of rotatable bonds is 6. The molecule has 0 aliphatic heterocycles. The number of anilines is 1. The van der Waals surface area contributed by atoms with Gasteiger partial charge in [0.1, 0.15) is 17.4 Å². The molecule has 0 bridgehead atoms. The lowest BCUT2D eigenvalue weighted by atomic mass is 10.1. The topological polar surface area (TPSA) is 97.0 Å². The number of nitrogens with two attached hydrogens (primary N) is 1. The quantitative estimate of drug-likeness (QED) is 0.406. The van der Waals surface area contributed by atoms with Gasteiger partial charge in [-0.05, 0) is 31.0 Å². The molecule has 4 rings (SSSR count). The number of nitrogens with zero attached hydrogens (tertiary/aromatic N) is 3. The molecular weight excluding hydrogens is 406 g/mol. The van der Waals surface area contributed by atoms with Crippen molar-refractivity contribution in [2.45, 2.75) is 25.5 Å². The fourth-order valence-electron chi connectivity index (χ4n) is 3.16. The molecule has 4 N–H and O–H groups in total. The van der Waals surface area contributed by atoms with E-state index in [-0.39, 0.29) is 6.04 Å². The van der Waals surface area contributed by atoms with E-state index in [1.165, 1.54) is 16.9 Å². The lowest BCUT2D eigenvalue weighted by molar-refractivity contribution is 0.253. The average Bonchev–Trinajstić information content (AvgIpc) is 3.20. The van der Waals surface area contributed by atoms with Crippen molar-refractivity contribution in [3.05, 3.63) is 71.4 Å². The SMILES string of the molecule is C[C@@H](O)C#Cc1csc2c(NC[C@@H](N)Cc3ccccc3)nc(-c3ccncc3)nc12. The van der Waals surface area contributed by atoms with Gasteiger partial charge in [0.25, 0.3) is 0 Å². The van der Waals surface area contributed by atoms with Crippen molar-refractivity contribution in [1.29, 1.82) is 0 Å². The first kappa shape index (κ1) is 20.9. The summed E-state index contributed by atoms with van der Waals surface area (Å²) >= 11 is 1.53. The summed E-state index contributed by atoms with van der Waals surface area (Å²) in [6.07, 6.45) is 3.50. The second kappa shape index (κ2) is 9.67. The third-order valence-electron chi connectivity index (χ3n) is 4.64. The Kier molecular flexibility index (Phi) is 6.53. The van der Waals surface area contributed by atoms with E-state index in [0.717, 1.165) is 33.6 Å². The molecule has 0 saturated carbocycles. The molecule has 0 unspecified atom stereocenters. The van der Waals surface area contributed by atoms with Crippen molar-refractivity contribution in [1.82, 2.24) is 15.0 Å². The van der Waals surface area contributed by atoms with Crippen LogP contribution >= 0.6 is 11.3 Å². The Morgan fingerprint density at radius 1 is 1.13 bits per heavy atom. The minimum atomic E-state index is -0.704. The number of benzene rings is 1. The highest BCUT2D eigenvalue weighted by molar-refractivity contribution is 7.18. The molecule has 0 aliphatic rings. The Hall–Kier alpha value is -3.31. The number of aliphatic hydroxyl groups is 1. The third kappa shape index (κ3) is 5.25. The number of aliphatic hydroxyl groups excluding tert-OH is 1. The minimum absolute atomic E-state index is 0.0637. The molecule has 0 amide bonds. The molecule has 2 atom stereocenters. The Labute approximate surface area is 185 Å². The zero-order valence-corrected chi connectivity index (χ0v) is 17.9. The number of hydrogen-bond acceptors (Lipinski definition) is 7. The number of thiophene rings is 1. The maximum absolute atomic E-state index is 9.54. The number of aromatic nitrogens is 3. The van der Waals surface area contributed by atoms with Crippen LogP contribution < -0.4 is 11.1 Å². The van der Waals surface area contributed by atoms with E-state index in [1.54, 1.807) is 19.3 Å². The molecule has 0 saturated heterocycles. The molecule has 0 radical (unpaired) electrons. The van der Waals surface area contributed by atoms with Crippen molar-refractivity contribution in [2.24, 2.45) is 5.73 Å². The Bertz CT molecular complexity index is 1210. The van der Waals surface area contributed by atoms with Crippen molar-refractivity contribution in [3.63, 3.8) is 0 Å². The van der Waals surface area contributed by atoms with Gasteiger partial charge in [0.2, 0.25) is 0 Å². The zero-order valence-electron chi connectivity index (χ0n) is 17.1. The molecule has 3 heterocycles. The summed E-state index contributed by atoms with van der Waals surface area (Å²) < 4.78 is 0.916. The maximum Gasteiger partial charge on any atom is 0.162 e. The highest BCUT2D eigenvalue weighted by Crippen LogP contribution is 2.32. The highest BCUT2D eigenvalue weighted by Gasteiger charge is 2.15. The summed E-state index contributed by atoms with van der Waals surface area (Å²) in [5, 5.41) is 14.9. The zero-order chi connectivity index (χ0) is 21.6. The molecule has 1 aromatic carbocycles. The van der Waals surface area contributed by atoms with Crippen LogP contribution in [0.4, 0.5) is 5.82 Å². The summed E-state index contributed by atoms with van der Waals surface area (Å²) in [6.45, 7) is 2.21. The van der Waals surface area contributed by atoms with Crippen molar-refractivity contribution >= 4 is 27.4 Å². The predicted molar refractivity (Wildman–Crippen MR) is 126 cm³/mol. The first-order valence-electron chi connectivity index (χ1n) is 10.0. The van der Waals surface area contributed by atoms with Crippen LogP contribution in [0.2, 0.25) is 0 Å². The van der Waals surface area contributed by atoms with Gasteiger partial charge >= 0.3 is 0 Å². The number of fused-ring (bicyclic) bond motifs is 1. The fraction of sp³-hybridized carbons (Fsp3) is 0.208. The van der Waals surface area contributed by atoms with Gasteiger partial charge in [-0.25, -0.2) is 9.97 Å². The van der Waals surface area contributed by atoms with Gasteiger partial charge < -0.3 is 16.2 Å². The summed E-state index contributed by atoms with van der Waals surface area (Å²) in [4.78, 5) is 13.6. The highest BCUT2D eigenvalue weighted by atomic mass is 32.1. The van der Waals surface area contributed by atoms with Crippen LogP contribution in [0.15, 0.2) is 60.2 Å². The number of pyridine rings is 1. The average molecular weight is 430 g/mol. The standard InChI is InChI=1S/C24H23N5OS/c1-16(30)7-8-19-15-31-22-21(19)28-23(18-9-11-26-12-10-18)29-24(22)27-14-20(25)13-17-5-3-2-4-6-17/h2-6,9-12,15-16,20,30H,13-14,25H2,1H3,(H,27,28,29)/t16-,20+/m1/s1. The van der Waals surface area contributed by atoms with Crippen LogP contribution in [0, 0.1) is 11.8 Å². The van der Waals surface area contributed by atoms with Gasteiger partial charge in [0.15, 0.2) is 5.82 Å². The van der Waals surface area contributed by atoms with Gasteiger partial charge in [-0.3, -0.25) is 4.98 Å². The van der Waals surface area contributed by atoms with E-state index in [0.29, 0.717) is 12.4 Å². The Morgan fingerprint density at radius 2 is 1.90 bits per heavy atom. The van der Waals surface area contributed by atoms with Gasteiger partial charge in [-0.2, -0.15) is 0 Å². The van der Waals surface area contributed by atoms with Crippen LogP contribution in [0.1, 0.15) is 18.1 Å². The summed E-state index contributed by atoms with van der Waals surface area (Å²) in [5.41, 5.74) is 9.98. The maximum atomic E-state index is 9.54. The minimum Gasteiger partial charge on any atom is -0.381 e. The predicted octanol–water partition coefficient (Wildman–Crippen LogP) is 3.47. The summed E-state index contributed by atoms with van der Waals surface area (Å²) in [5.74, 6) is 7.15. The largest absolute Gasteiger partial charge is 0.381 e. The molecule has 0 aliphatic carbocycles. The smallest absolute Gasteiger partial charge is 0.162 e. The molecule has 7 heteroatoms. The molecule has 6 nitrogen and oxygen atoms in total. The van der Waals surface area contributed by atoms with Crippen molar-refractivity contribution in [3.8, 4) is 23.2 Å². The van der Waals surface area contributed by atoms with Crippen LogP contribution in [0.5, 0.6) is 0 Å². The van der Waals surface area contributed by atoms with Gasteiger partial charge in [-0.15, -0.1) is 11.3 Å². The number of hydrogen-bond donors (Lipinski definition) is 3. The first-order valence-corrected chi connectivity index (χ1v) is 10.9. The fourth-order valence-corrected chi connectivity index (χ4v) is 4.06. The Morgan fingerprint density at radius 3 is 2.65 bits per heavy atom. The van der Waals surface area contributed by atoms with Crippen LogP contribution in [0.25, 0.3) is 21.6 Å². The lowest BCUT2D eigenvalue weighted by Crippen LogP contribution is -2.31. The van der Waals surface area contributed by atoms with Crippen LogP contribution in [0.3, 0.4) is 0 Å². The van der Waals surface area contributed by atoms with Gasteiger partial charge in [-0.1, -0.05) is 42.2 Å². The summed E-state index contributed by atoms with van der Waals surface area (Å²) in [7, 11) is 0. The van der Waals surface area contributed by atoms with Crippen molar-refractivity contribution in [2.75, 3.05) is 11.9 Å². The lowest BCUT2D eigenvalue weighted by Gasteiger charge is -2.14. The molecule has 0 fully saturated rings. The molecule has 0 spiro atoms. The van der Waals surface area contributed by atoms with E-state index in [2.05, 4.69) is 34.3 Å². The van der Waals surface area contributed by atoms with E-state index in [9.17, 15) is 5.11 Å². The first-order chi connectivity index (χ1) is 15.1. The summed E-state index contributed by atoms with van der Waals surface area (Å²) in [6, 6.07) is 13.9. The van der Waals surface area contributed by atoms with E-state index in [4.69, 9.17) is 15.7 Å².